The summed E-state index contributed by atoms with van der Waals surface area (Å²) in [5.74, 6) is 2.05. The predicted molar refractivity (Wildman–Crippen MR) is 136 cm³/mol. The molecule has 3 rings (SSSR count). The highest BCUT2D eigenvalue weighted by atomic mass is 16.5. The van der Waals surface area contributed by atoms with Gasteiger partial charge in [0.25, 0.3) is 0 Å². The van der Waals surface area contributed by atoms with Gasteiger partial charge in [0.05, 0.1) is 17.6 Å². The number of carbonyl (C=O) groups excluding carboxylic acids is 1. The van der Waals surface area contributed by atoms with Crippen LogP contribution in [0.5, 0.6) is 5.75 Å². The minimum atomic E-state index is -0.0198. The van der Waals surface area contributed by atoms with Crippen molar-refractivity contribution in [2.75, 3.05) is 13.2 Å². The van der Waals surface area contributed by atoms with E-state index in [1.54, 1.807) is 12.2 Å². The van der Waals surface area contributed by atoms with Gasteiger partial charge in [-0.25, -0.2) is 4.98 Å². The second-order valence-corrected chi connectivity index (χ2v) is 8.07. The SMILES string of the molecule is C=CCc1ccccc1OCCCn1c(CCCCCNC(=O)/C=C/C)nc2ccccc21. The highest BCUT2D eigenvalue weighted by Gasteiger charge is 2.10. The van der Waals surface area contributed by atoms with Crippen molar-refractivity contribution < 1.29 is 9.53 Å². The molecule has 1 aromatic heterocycles. The predicted octanol–water partition coefficient (Wildman–Crippen LogP) is 5.64. The molecular weight excluding hydrogens is 410 g/mol. The van der Waals surface area contributed by atoms with E-state index in [1.807, 2.05) is 37.3 Å². The Morgan fingerprint density at radius 3 is 2.76 bits per heavy atom. The van der Waals surface area contributed by atoms with Gasteiger partial charge in [-0.1, -0.05) is 48.9 Å². The zero-order valence-corrected chi connectivity index (χ0v) is 19.6. The Morgan fingerprint density at radius 1 is 1.09 bits per heavy atom. The summed E-state index contributed by atoms with van der Waals surface area (Å²) in [6.45, 7) is 7.93. The van der Waals surface area contributed by atoms with Crippen molar-refractivity contribution in [3.05, 3.63) is 84.7 Å². The van der Waals surface area contributed by atoms with Crippen LogP contribution >= 0.6 is 0 Å². The zero-order chi connectivity index (χ0) is 23.3. The molecule has 0 aliphatic heterocycles. The zero-order valence-electron chi connectivity index (χ0n) is 19.6. The Balaban J connectivity index is 1.52. The number of hydrogen-bond acceptors (Lipinski definition) is 3. The van der Waals surface area contributed by atoms with Crippen LogP contribution in [-0.2, 0) is 24.2 Å². The van der Waals surface area contributed by atoms with E-state index in [9.17, 15) is 4.79 Å². The first-order valence-corrected chi connectivity index (χ1v) is 11.9. The largest absolute Gasteiger partial charge is 0.493 e. The average Bonchev–Trinajstić information content (AvgIpc) is 3.17. The van der Waals surface area contributed by atoms with Gasteiger partial charge in [0, 0.05) is 19.5 Å². The van der Waals surface area contributed by atoms with Gasteiger partial charge in [-0.05, 0) is 62.4 Å². The molecule has 0 radical (unpaired) electrons. The van der Waals surface area contributed by atoms with Crippen molar-refractivity contribution in [2.45, 2.75) is 52.0 Å². The highest BCUT2D eigenvalue weighted by molar-refractivity contribution is 5.87. The van der Waals surface area contributed by atoms with E-state index in [2.05, 4.69) is 40.7 Å². The van der Waals surface area contributed by atoms with Gasteiger partial charge < -0.3 is 14.6 Å². The standard InChI is InChI=1S/C28H35N3O2/c1-3-13-23-15-7-10-18-26(23)33-22-12-21-31-25-17-9-8-16-24(25)30-27(31)19-6-5-11-20-29-28(32)14-4-2/h3-4,7-10,14-18H,1,5-6,11-13,19-22H2,2H3,(H,29,32)/b14-4+. The number of fused-ring (bicyclic) bond motifs is 1. The smallest absolute Gasteiger partial charge is 0.243 e. The molecule has 0 unspecified atom stereocenters. The third kappa shape index (κ3) is 7.35. The summed E-state index contributed by atoms with van der Waals surface area (Å²) in [7, 11) is 0. The third-order valence-corrected chi connectivity index (χ3v) is 5.55. The van der Waals surface area contributed by atoms with E-state index in [0.29, 0.717) is 13.2 Å². The number of para-hydroxylation sites is 3. The molecule has 33 heavy (non-hydrogen) atoms. The Hall–Kier alpha value is -3.34. The number of imidazole rings is 1. The van der Waals surface area contributed by atoms with Crippen LogP contribution in [0.15, 0.2) is 73.3 Å². The number of ether oxygens (including phenoxy) is 1. The van der Waals surface area contributed by atoms with Crippen molar-refractivity contribution in [2.24, 2.45) is 0 Å². The molecule has 5 heteroatoms. The number of aromatic nitrogens is 2. The second-order valence-electron chi connectivity index (χ2n) is 8.07. The van der Waals surface area contributed by atoms with Gasteiger partial charge in [-0.2, -0.15) is 0 Å². The molecule has 3 aromatic rings. The average molecular weight is 446 g/mol. The lowest BCUT2D eigenvalue weighted by Crippen LogP contribution is -2.21. The Bertz CT molecular complexity index is 1070. The number of rotatable bonds is 14. The highest BCUT2D eigenvalue weighted by Crippen LogP contribution is 2.21. The number of nitrogens with one attached hydrogen (secondary N) is 1. The fourth-order valence-corrected chi connectivity index (χ4v) is 3.95. The normalized spacial score (nSPS) is 11.2. The van der Waals surface area contributed by atoms with Crippen LogP contribution in [0.1, 0.15) is 44.0 Å². The summed E-state index contributed by atoms with van der Waals surface area (Å²) in [6.07, 6.45) is 11.0. The fourth-order valence-electron chi connectivity index (χ4n) is 3.95. The van der Waals surface area contributed by atoms with E-state index in [4.69, 9.17) is 9.72 Å². The summed E-state index contributed by atoms with van der Waals surface area (Å²) in [4.78, 5) is 16.4. The Labute approximate surface area is 197 Å². The van der Waals surface area contributed by atoms with Crippen LogP contribution in [0.4, 0.5) is 0 Å². The summed E-state index contributed by atoms with van der Waals surface area (Å²) < 4.78 is 8.42. The molecule has 1 N–H and O–H groups in total. The molecule has 2 aromatic carbocycles. The molecule has 0 fully saturated rings. The number of allylic oxidation sites excluding steroid dienone is 2. The minimum Gasteiger partial charge on any atom is -0.493 e. The molecule has 0 spiro atoms. The first-order chi connectivity index (χ1) is 16.2. The lowest BCUT2D eigenvalue weighted by atomic mass is 10.1. The van der Waals surface area contributed by atoms with E-state index < -0.39 is 0 Å². The number of unbranched alkanes of at least 4 members (excludes halogenated alkanes) is 2. The molecule has 0 atom stereocenters. The van der Waals surface area contributed by atoms with Crippen molar-refractivity contribution in [3.63, 3.8) is 0 Å². The van der Waals surface area contributed by atoms with E-state index in [-0.39, 0.29) is 5.91 Å². The number of benzene rings is 2. The monoisotopic (exact) mass is 445 g/mol. The van der Waals surface area contributed by atoms with E-state index >= 15 is 0 Å². The fraction of sp³-hybridized carbons (Fsp3) is 0.357. The van der Waals surface area contributed by atoms with Crippen LogP contribution < -0.4 is 10.1 Å². The molecule has 1 amide bonds. The molecule has 0 aliphatic rings. The lowest BCUT2D eigenvalue weighted by Gasteiger charge is -2.12. The number of hydrogen-bond donors (Lipinski definition) is 1. The molecule has 0 aliphatic carbocycles. The van der Waals surface area contributed by atoms with Crippen LogP contribution in [0, 0.1) is 0 Å². The van der Waals surface area contributed by atoms with Crippen LogP contribution in [-0.4, -0.2) is 28.6 Å². The van der Waals surface area contributed by atoms with Gasteiger partial charge in [0.1, 0.15) is 11.6 Å². The molecule has 0 saturated heterocycles. The van der Waals surface area contributed by atoms with E-state index in [0.717, 1.165) is 62.2 Å². The Kier molecular flexibility index (Phi) is 9.77. The van der Waals surface area contributed by atoms with E-state index in [1.165, 1.54) is 11.1 Å². The van der Waals surface area contributed by atoms with Gasteiger partial charge in [0.2, 0.25) is 5.91 Å². The third-order valence-electron chi connectivity index (χ3n) is 5.55. The van der Waals surface area contributed by atoms with Crippen molar-refractivity contribution in [3.8, 4) is 5.75 Å². The summed E-state index contributed by atoms with van der Waals surface area (Å²) in [5.41, 5.74) is 3.39. The van der Waals surface area contributed by atoms with Crippen molar-refractivity contribution in [1.82, 2.24) is 14.9 Å². The molecule has 0 bridgehead atoms. The molecule has 0 saturated carbocycles. The molecule has 1 heterocycles. The first-order valence-electron chi connectivity index (χ1n) is 11.9. The number of carbonyl (C=O) groups is 1. The van der Waals surface area contributed by atoms with Crippen molar-refractivity contribution in [1.29, 1.82) is 0 Å². The van der Waals surface area contributed by atoms with Gasteiger partial charge in [-0.15, -0.1) is 6.58 Å². The van der Waals surface area contributed by atoms with Crippen LogP contribution in [0.2, 0.25) is 0 Å². The summed E-state index contributed by atoms with van der Waals surface area (Å²) in [6, 6.07) is 16.5. The summed E-state index contributed by atoms with van der Waals surface area (Å²) in [5, 5.41) is 2.91. The molecular formula is C28H35N3O2. The van der Waals surface area contributed by atoms with Gasteiger partial charge in [0.15, 0.2) is 0 Å². The Morgan fingerprint density at radius 2 is 1.91 bits per heavy atom. The summed E-state index contributed by atoms with van der Waals surface area (Å²) >= 11 is 0. The maximum atomic E-state index is 11.5. The topological polar surface area (TPSA) is 56.1 Å². The maximum absolute atomic E-state index is 11.5. The number of amides is 1. The van der Waals surface area contributed by atoms with Crippen LogP contribution in [0.3, 0.4) is 0 Å². The first kappa shape index (κ1) is 24.3. The number of nitrogens with zero attached hydrogens (tertiary/aromatic N) is 2. The van der Waals surface area contributed by atoms with Crippen molar-refractivity contribution >= 4 is 16.9 Å². The maximum Gasteiger partial charge on any atom is 0.243 e. The van der Waals surface area contributed by atoms with Gasteiger partial charge in [-0.3, -0.25) is 4.79 Å². The number of aryl methyl sites for hydroxylation is 2. The molecule has 174 valence electrons. The minimum absolute atomic E-state index is 0.0198. The van der Waals surface area contributed by atoms with Crippen LogP contribution in [0.25, 0.3) is 11.0 Å². The molecule has 5 nitrogen and oxygen atoms in total. The lowest BCUT2D eigenvalue weighted by molar-refractivity contribution is -0.116. The quantitative estimate of drug-likeness (QED) is 0.198. The second kappa shape index (κ2) is 13.3. The van der Waals surface area contributed by atoms with Gasteiger partial charge >= 0.3 is 0 Å².